The number of nitriles is 1. The molecule has 3 aromatic carbocycles. The number of carbonyl (C=O) groups is 1. The Labute approximate surface area is 236 Å². The van der Waals surface area contributed by atoms with Crippen LogP contribution in [-0.2, 0) is 4.79 Å². The Morgan fingerprint density at radius 3 is 2.16 bits per heavy atom. The summed E-state index contributed by atoms with van der Waals surface area (Å²) in [5.41, 5.74) is 7.76. The van der Waals surface area contributed by atoms with E-state index in [0.717, 1.165) is 5.56 Å². The van der Waals surface area contributed by atoms with Crippen LogP contribution in [0.2, 0.25) is 25.1 Å². The lowest BCUT2D eigenvalue weighted by molar-refractivity contribution is -0.136. The monoisotopic (exact) mass is 598 g/mol. The maximum Gasteiger partial charge on any atom is 0.349 e. The zero-order valence-corrected chi connectivity index (χ0v) is 22.6. The molecule has 1 heterocycles. The van der Waals surface area contributed by atoms with Crippen LogP contribution in [0.5, 0.6) is 23.0 Å². The summed E-state index contributed by atoms with van der Waals surface area (Å²) in [5, 5.41) is 9.34. The highest BCUT2D eigenvalue weighted by molar-refractivity contribution is 6.55. The molecule has 0 saturated heterocycles. The van der Waals surface area contributed by atoms with Gasteiger partial charge in [-0.1, -0.05) is 76.2 Å². The molecule has 12 heteroatoms. The third-order valence-electron chi connectivity index (χ3n) is 5.38. The standard InChI is InChI=1S/C25H15Cl5N2O5/c1-34-12-4-2-11(3-5-12)18-14-7-6-13(8-16(14)37-25(32)15(18)9-31)36-17(33)10-35-24-22(29)20(27)19(26)21(28)23(24)30/h2-8,18H,10,32H2,1H3. The average Bonchev–Trinajstić information content (AvgIpc) is 2.90. The summed E-state index contributed by atoms with van der Waals surface area (Å²) in [5.74, 6) is -0.290. The van der Waals surface area contributed by atoms with Gasteiger partial charge in [0.2, 0.25) is 5.88 Å². The molecule has 1 unspecified atom stereocenters. The Morgan fingerprint density at radius 1 is 0.973 bits per heavy atom. The van der Waals surface area contributed by atoms with Gasteiger partial charge in [0, 0.05) is 11.6 Å². The number of fused-ring (bicyclic) bond motifs is 1. The Morgan fingerprint density at radius 2 is 1.57 bits per heavy atom. The minimum Gasteiger partial charge on any atom is -0.497 e. The first kappa shape index (κ1) is 27.1. The molecule has 0 aromatic heterocycles. The van der Waals surface area contributed by atoms with Gasteiger partial charge in [-0.25, -0.2) is 4.79 Å². The van der Waals surface area contributed by atoms with Crippen molar-refractivity contribution >= 4 is 64.0 Å². The van der Waals surface area contributed by atoms with Crippen LogP contribution in [0, 0.1) is 11.3 Å². The van der Waals surface area contributed by atoms with Crippen molar-refractivity contribution in [3.63, 3.8) is 0 Å². The first-order valence-corrected chi connectivity index (χ1v) is 12.3. The third kappa shape index (κ3) is 5.35. The van der Waals surface area contributed by atoms with E-state index in [4.69, 9.17) is 82.7 Å². The normalized spacial score (nSPS) is 14.4. The van der Waals surface area contributed by atoms with Crippen molar-refractivity contribution in [2.45, 2.75) is 5.92 Å². The molecule has 0 amide bonds. The van der Waals surface area contributed by atoms with Crippen LogP contribution in [0.25, 0.3) is 0 Å². The number of rotatable bonds is 6. The van der Waals surface area contributed by atoms with E-state index in [1.807, 2.05) is 12.1 Å². The van der Waals surface area contributed by atoms with Crippen molar-refractivity contribution in [1.29, 1.82) is 5.26 Å². The molecule has 1 aliphatic rings. The zero-order valence-electron chi connectivity index (χ0n) is 18.8. The molecule has 0 bridgehead atoms. The Kier molecular flexibility index (Phi) is 8.17. The van der Waals surface area contributed by atoms with Crippen molar-refractivity contribution < 1.29 is 23.7 Å². The Balaban J connectivity index is 1.55. The van der Waals surface area contributed by atoms with Crippen LogP contribution in [0.1, 0.15) is 17.0 Å². The highest BCUT2D eigenvalue weighted by atomic mass is 35.5. The van der Waals surface area contributed by atoms with E-state index in [9.17, 15) is 10.1 Å². The van der Waals surface area contributed by atoms with E-state index in [0.29, 0.717) is 17.1 Å². The number of hydrogen-bond acceptors (Lipinski definition) is 7. The molecule has 0 radical (unpaired) electrons. The van der Waals surface area contributed by atoms with Gasteiger partial charge in [0.1, 0.15) is 38.9 Å². The SMILES string of the molecule is COc1ccc(C2C(C#N)=C(N)Oc3cc(OC(=O)COc4c(Cl)c(Cl)c(Cl)c(Cl)c4Cl)ccc32)cc1. The number of nitrogens with two attached hydrogens (primary N) is 1. The third-order valence-corrected chi connectivity index (χ3v) is 7.62. The van der Waals surface area contributed by atoms with E-state index in [2.05, 4.69) is 6.07 Å². The number of ether oxygens (including phenoxy) is 4. The van der Waals surface area contributed by atoms with Crippen molar-refractivity contribution in [1.82, 2.24) is 0 Å². The minimum absolute atomic E-state index is 0.0388. The van der Waals surface area contributed by atoms with Crippen LogP contribution >= 0.6 is 58.0 Å². The maximum absolute atomic E-state index is 12.5. The highest BCUT2D eigenvalue weighted by Gasteiger charge is 2.31. The average molecular weight is 601 g/mol. The number of methoxy groups -OCH3 is 1. The Hall–Kier alpha value is -2.99. The summed E-state index contributed by atoms with van der Waals surface area (Å²) in [7, 11) is 1.56. The van der Waals surface area contributed by atoms with Crippen molar-refractivity contribution in [2.75, 3.05) is 13.7 Å². The molecule has 4 rings (SSSR count). The summed E-state index contributed by atoms with van der Waals surface area (Å²) in [4.78, 5) is 12.5. The molecule has 1 aliphatic heterocycles. The van der Waals surface area contributed by atoms with Crippen LogP contribution in [0.15, 0.2) is 53.9 Å². The van der Waals surface area contributed by atoms with E-state index in [1.54, 1.807) is 31.4 Å². The molecule has 7 nitrogen and oxygen atoms in total. The molecule has 1 atom stereocenters. The highest BCUT2D eigenvalue weighted by Crippen LogP contribution is 2.48. The number of halogens is 5. The fourth-order valence-electron chi connectivity index (χ4n) is 3.64. The van der Waals surface area contributed by atoms with Gasteiger partial charge in [-0.3, -0.25) is 0 Å². The fourth-order valence-corrected chi connectivity index (χ4v) is 4.87. The van der Waals surface area contributed by atoms with Crippen LogP contribution in [-0.4, -0.2) is 19.7 Å². The van der Waals surface area contributed by atoms with Crippen molar-refractivity contribution in [3.8, 4) is 29.1 Å². The molecule has 37 heavy (non-hydrogen) atoms. The number of carbonyl (C=O) groups excluding carboxylic acids is 1. The van der Waals surface area contributed by atoms with Gasteiger partial charge in [-0.15, -0.1) is 0 Å². The first-order valence-electron chi connectivity index (χ1n) is 10.4. The summed E-state index contributed by atoms with van der Waals surface area (Å²) in [6, 6.07) is 14.1. The van der Waals surface area contributed by atoms with E-state index < -0.39 is 18.5 Å². The van der Waals surface area contributed by atoms with Gasteiger partial charge in [-0.2, -0.15) is 5.26 Å². The molecule has 0 spiro atoms. The van der Waals surface area contributed by atoms with Gasteiger partial charge in [0.25, 0.3) is 0 Å². The maximum atomic E-state index is 12.5. The van der Waals surface area contributed by atoms with E-state index >= 15 is 0 Å². The number of nitrogens with zero attached hydrogens (tertiary/aromatic N) is 1. The van der Waals surface area contributed by atoms with Gasteiger partial charge >= 0.3 is 5.97 Å². The number of allylic oxidation sites excluding steroid dienone is 1. The summed E-state index contributed by atoms with van der Waals surface area (Å²) >= 11 is 30.2. The zero-order chi connectivity index (χ0) is 26.9. The predicted molar refractivity (Wildman–Crippen MR) is 141 cm³/mol. The van der Waals surface area contributed by atoms with E-state index in [1.165, 1.54) is 6.07 Å². The number of hydrogen-bond donors (Lipinski definition) is 1. The van der Waals surface area contributed by atoms with Crippen molar-refractivity contribution in [3.05, 3.63) is 90.2 Å². The molecular formula is C25H15Cl5N2O5. The van der Waals surface area contributed by atoms with Crippen LogP contribution in [0.3, 0.4) is 0 Å². The molecule has 2 N–H and O–H groups in total. The summed E-state index contributed by atoms with van der Waals surface area (Å²) in [6.45, 7) is -0.569. The second kappa shape index (κ2) is 11.2. The van der Waals surface area contributed by atoms with Crippen LogP contribution in [0.4, 0.5) is 0 Å². The van der Waals surface area contributed by atoms with Gasteiger partial charge in [-0.05, 0) is 23.8 Å². The minimum atomic E-state index is -0.780. The molecule has 0 aliphatic carbocycles. The largest absolute Gasteiger partial charge is 0.497 e. The summed E-state index contributed by atoms with van der Waals surface area (Å²) < 4.78 is 21.6. The molecule has 0 saturated carbocycles. The molecule has 3 aromatic rings. The lowest BCUT2D eigenvalue weighted by Crippen LogP contribution is -2.21. The smallest absolute Gasteiger partial charge is 0.349 e. The molecule has 0 fully saturated rings. The van der Waals surface area contributed by atoms with Gasteiger partial charge in [0.15, 0.2) is 12.4 Å². The molecular weight excluding hydrogens is 586 g/mol. The lowest BCUT2D eigenvalue weighted by atomic mass is 9.83. The first-order chi connectivity index (χ1) is 17.7. The second-order valence-corrected chi connectivity index (χ2v) is 9.45. The quantitative estimate of drug-likeness (QED) is 0.139. The molecule has 190 valence electrons. The van der Waals surface area contributed by atoms with Gasteiger partial charge in [0.05, 0.1) is 28.1 Å². The summed E-state index contributed by atoms with van der Waals surface area (Å²) in [6.07, 6.45) is 0. The van der Waals surface area contributed by atoms with Gasteiger partial charge < -0.3 is 24.7 Å². The number of esters is 1. The fraction of sp³-hybridized carbons (Fsp3) is 0.120. The van der Waals surface area contributed by atoms with E-state index in [-0.39, 0.29) is 48.1 Å². The Bertz CT molecular complexity index is 1440. The topological polar surface area (TPSA) is 104 Å². The van der Waals surface area contributed by atoms with Crippen molar-refractivity contribution in [2.24, 2.45) is 5.73 Å². The predicted octanol–water partition coefficient (Wildman–Crippen LogP) is 7.16. The second-order valence-electron chi connectivity index (χ2n) is 7.56. The lowest BCUT2D eigenvalue weighted by Gasteiger charge is -2.26. The number of benzene rings is 3. The van der Waals surface area contributed by atoms with Crippen LogP contribution < -0.4 is 24.7 Å².